The summed E-state index contributed by atoms with van der Waals surface area (Å²) in [6, 6.07) is 11.3. The minimum Gasteiger partial charge on any atom is -0.459 e. The van der Waals surface area contributed by atoms with Crippen molar-refractivity contribution in [2.75, 3.05) is 13.1 Å². The second kappa shape index (κ2) is 8.72. The molecule has 1 aromatic carbocycles. The molecule has 0 aliphatic carbocycles. The van der Waals surface area contributed by atoms with Gasteiger partial charge in [-0.2, -0.15) is 0 Å². The van der Waals surface area contributed by atoms with Crippen molar-refractivity contribution in [2.45, 2.75) is 20.3 Å². The monoisotopic (exact) mass is 326 g/mol. The van der Waals surface area contributed by atoms with Gasteiger partial charge in [-0.1, -0.05) is 36.8 Å². The lowest BCUT2D eigenvalue weighted by Crippen LogP contribution is -2.33. The molecule has 5 heteroatoms. The van der Waals surface area contributed by atoms with Gasteiger partial charge in [0.25, 0.3) is 5.91 Å². The summed E-state index contributed by atoms with van der Waals surface area (Å²) in [4.78, 5) is 23.7. The first-order chi connectivity index (χ1) is 11.6. The maximum Gasteiger partial charge on any atom is 0.287 e. The highest BCUT2D eigenvalue weighted by Crippen LogP contribution is 2.18. The second-order valence-electron chi connectivity index (χ2n) is 5.41. The Morgan fingerprint density at radius 1 is 1.08 bits per heavy atom. The van der Waals surface area contributed by atoms with E-state index in [1.54, 1.807) is 18.2 Å². The number of allylic oxidation sites excluding steroid dienone is 1. The second-order valence-corrected chi connectivity index (χ2v) is 5.41. The van der Waals surface area contributed by atoms with Gasteiger partial charge in [-0.15, -0.1) is 0 Å². The van der Waals surface area contributed by atoms with Crippen LogP contribution in [0, 0.1) is 6.92 Å². The fourth-order valence-electron chi connectivity index (χ4n) is 2.22. The summed E-state index contributed by atoms with van der Waals surface area (Å²) >= 11 is 0. The number of hydrogen-bond donors (Lipinski definition) is 2. The van der Waals surface area contributed by atoms with Crippen molar-refractivity contribution in [3.8, 4) is 0 Å². The summed E-state index contributed by atoms with van der Waals surface area (Å²) in [6.07, 6.45) is 3.82. The molecule has 0 aliphatic rings. The Morgan fingerprint density at radius 3 is 2.42 bits per heavy atom. The fourth-order valence-corrected chi connectivity index (χ4v) is 2.22. The van der Waals surface area contributed by atoms with Gasteiger partial charge >= 0.3 is 0 Å². The van der Waals surface area contributed by atoms with E-state index < -0.39 is 0 Å². The maximum absolute atomic E-state index is 12.0. The van der Waals surface area contributed by atoms with Crippen LogP contribution in [0.5, 0.6) is 0 Å². The number of carbonyl (C=O) groups excluding carboxylic acids is 2. The lowest BCUT2D eigenvalue weighted by atomic mass is 10.0. The molecule has 0 saturated heterocycles. The predicted octanol–water partition coefficient (Wildman–Crippen LogP) is 2.93. The number of benzene rings is 1. The van der Waals surface area contributed by atoms with Crippen LogP contribution in [0.2, 0.25) is 0 Å². The Kier molecular flexibility index (Phi) is 6.37. The van der Waals surface area contributed by atoms with Crippen LogP contribution in [-0.4, -0.2) is 24.9 Å². The Labute approximate surface area is 141 Å². The van der Waals surface area contributed by atoms with Gasteiger partial charge in [-0.25, -0.2) is 0 Å². The quantitative estimate of drug-likeness (QED) is 0.607. The molecule has 5 nitrogen and oxygen atoms in total. The minimum atomic E-state index is -0.293. The van der Waals surface area contributed by atoms with Crippen LogP contribution in [0.25, 0.3) is 5.57 Å². The van der Waals surface area contributed by atoms with Gasteiger partial charge < -0.3 is 15.1 Å². The predicted molar refractivity (Wildman–Crippen MR) is 93.5 cm³/mol. The lowest BCUT2D eigenvalue weighted by molar-refractivity contribution is -0.116. The number of amides is 2. The third-order valence-electron chi connectivity index (χ3n) is 3.56. The summed E-state index contributed by atoms with van der Waals surface area (Å²) in [7, 11) is 0. The molecule has 0 saturated carbocycles. The molecular formula is C19H22N2O3. The average Bonchev–Trinajstić information content (AvgIpc) is 3.12. The molecule has 0 radical (unpaired) electrons. The van der Waals surface area contributed by atoms with Crippen molar-refractivity contribution in [3.05, 3.63) is 65.6 Å². The molecule has 0 aliphatic heterocycles. The number of aryl methyl sites for hydroxylation is 1. The topological polar surface area (TPSA) is 71.3 Å². The van der Waals surface area contributed by atoms with Crippen LogP contribution in [0.1, 0.15) is 35.0 Å². The van der Waals surface area contributed by atoms with Crippen LogP contribution in [0.4, 0.5) is 0 Å². The highest BCUT2D eigenvalue weighted by atomic mass is 16.3. The molecule has 0 bridgehead atoms. The van der Waals surface area contributed by atoms with Crippen LogP contribution in [0.15, 0.2) is 53.2 Å². The zero-order chi connectivity index (χ0) is 17.4. The van der Waals surface area contributed by atoms with E-state index >= 15 is 0 Å². The summed E-state index contributed by atoms with van der Waals surface area (Å²) in [5.41, 5.74) is 3.21. The molecule has 2 N–H and O–H groups in total. The van der Waals surface area contributed by atoms with Crippen molar-refractivity contribution >= 4 is 17.4 Å². The number of nitrogens with one attached hydrogen (secondary N) is 2. The van der Waals surface area contributed by atoms with Crippen molar-refractivity contribution in [1.29, 1.82) is 0 Å². The zero-order valence-corrected chi connectivity index (χ0v) is 14.0. The van der Waals surface area contributed by atoms with Crippen molar-refractivity contribution < 1.29 is 14.0 Å². The number of furan rings is 1. The molecule has 0 atom stereocenters. The molecule has 2 aromatic rings. The minimum absolute atomic E-state index is 0.167. The fraction of sp³-hybridized carbons (Fsp3) is 0.263. The highest BCUT2D eigenvalue weighted by Gasteiger charge is 2.07. The summed E-state index contributed by atoms with van der Waals surface area (Å²) < 4.78 is 4.99. The third kappa shape index (κ3) is 5.12. The largest absolute Gasteiger partial charge is 0.459 e. The number of rotatable bonds is 7. The molecule has 2 amide bonds. The van der Waals surface area contributed by atoms with E-state index in [1.807, 2.05) is 38.1 Å². The van der Waals surface area contributed by atoms with E-state index in [2.05, 4.69) is 10.6 Å². The van der Waals surface area contributed by atoms with Gasteiger partial charge in [-0.3, -0.25) is 9.59 Å². The standard InChI is InChI=1S/C19H22N2O3/c1-3-15(16-8-6-14(2)7-9-16)13-18(22)20-10-11-21-19(23)17-5-4-12-24-17/h4-9,12-13H,3,10-11H2,1-2H3,(H,20,22)(H,21,23)/b15-13+. The van der Waals surface area contributed by atoms with E-state index in [-0.39, 0.29) is 17.6 Å². The van der Waals surface area contributed by atoms with Crippen molar-refractivity contribution in [3.63, 3.8) is 0 Å². The van der Waals surface area contributed by atoms with Crippen LogP contribution < -0.4 is 10.6 Å². The molecule has 2 rings (SSSR count). The molecule has 0 spiro atoms. The smallest absolute Gasteiger partial charge is 0.287 e. The van der Waals surface area contributed by atoms with Crippen LogP contribution in [-0.2, 0) is 4.79 Å². The molecule has 1 aromatic heterocycles. The molecule has 126 valence electrons. The lowest BCUT2D eigenvalue weighted by Gasteiger charge is -2.07. The molecule has 24 heavy (non-hydrogen) atoms. The van der Waals surface area contributed by atoms with Gasteiger partial charge in [0, 0.05) is 19.2 Å². The van der Waals surface area contributed by atoms with Crippen LogP contribution in [0.3, 0.4) is 0 Å². The first kappa shape index (κ1) is 17.5. The van der Waals surface area contributed by atoms with Crippen molar-refractivity contribution in [2.24, 2.45) is 0 Å². The number of hydrogen-bond acceptors (Lipinski definition) is 3. The molecule has 0 fully saturated rings. The van der Waals surface area contributed by atoms with E-state index in [9.17, 15) is 9.59 Å². The van der Waals surface area contributed by atoms with E-state index in [1.165, 1.54) is 11.8 Å². The first-order valence-corrected chi connectivity index (χ1v) is 7.97. The van der Waals surface area contributed by atoms with E-state index in [0.717, 1.165) is 17.6 Å². The Morgan fingerprint density at radius 2 is 1.79 bits per heavy atom. The zero-order valence-electron chi connectivity index (χ0n) is 14.0. The van der Waals surface area contributed by atoms with Crippen molar-refractivity contribution in [1.82, 2.24) is 10.6 Å². The summed E-state index contributed by atoms with van der Waals surface area (Å²) in [5, 5.41) is 5.45. The van der Waals surface area contributed by atoms with Gasteiger partial charge in [0.05, 0.1) is 6.26 Å². The molecular weight excluding hydrogens is 304 g/mol. The first-order valence-electron chi connectivity index (χ1n) is 7.97. The van der Waals surface area contributed by atoms with E-state index in [4.69, 9.17) is 4.42 Å². The van der Waals surface area contributed by atoms with Gasteiger partial charge in [0.15, 0.2) is 5.76 Å². The summed E-state index contributed by atoms with van der Waals surface area (Å²) in [5.74, 6) is -0.202. The van der Waals surface area contributed by atoms with Gasteiger partial charge in [0.2, 0.25) is 5.91 Å². The average molecular weight is 326 g/mol. The normalized spacial score (nSPS) is 11.2. The maximum atomic E-state index is 12.0. The SMILES string of the molecule is CC/C(=C\C(=O)NCCNC(=O)c1ccco1)c1ccc(C)cc1. The van der Waals surface area contributed by atoms with Crippen LogP contribution >= 0.6 is 0 Å². The molecule has 1 heterocycles. The highest BCUT2D eigenvalue weighted by molar-refractivity contribution is 5.95. The number of carbonyl (C=O) groups is 2. The Balaban J connectivity index is 1.80. The van der Waals surface area contributed by atoms with Gasteiger partial charge in [-0.05, 0) is 36.6 Å². The summed E-state index contributed by atoms with van der Waals surface area (Å²) in [6.45, 7) is 4.74. The third-order valence-corrected chi connectivity index (χ3v) is 3.56. The Hall–Kier alpha value is -2.82. The Bertz CT molecular complexity index is 701. The van der Waals surface area contributed by atoms with Gasteiger partial charge in [0.1, 0.15) is 0 Å². The van der Waals surface area contributed by atoms with E-state index in [0.29, 0.717) is 13.1 Å². The molecule has 0 unspecified atom stereocenters.